The highest BCUT2D eigenvalue weighted by Crippen LogP contribution is 2.29. The Balaban J connectivity index is 1.74. The standard InChI is InChI=1S/C22H21Cl2N3O6/c1-3-20(29)27(25-19(28)12-33-18-8-7-13(23)9-16(18)24)17-11-21(30)26(22(17)31)14-5-4-6-15(10-14)32-2/h4-10,17H,3,11-12H2,1-2H3,(H,25,28). The maximum absolute atomic E-state index is 13.1. The number of methoxy groups -OCH3 is 1. The zero-order valence-corrected chi connectivity index (χ0v) is 19.4. The summed E-state index contributed by atoms with van der Waals surface area (Å²) < 4.78 is 10.5. The number of amides is 4. The van der Waals surface area contributed by atoms with Gasteiger partial charge >= 0.3 is 0 Å². The number of hydrogen-bond acceptors (Lipinski definition) is 6. The minimum absolute atomic E-state index is 0.00127. The third-order valence-electron chi connectivity index (χ3n) is 4.81. The van der Waals surface area contributed by atoms with Gasteiger partial charge in [0, 0.05) is 17.5 Å². The summed E-state index contributed by atoms with van der Waals surface area (Å²) in [6.07, 6.45) is -0.285. The topological polar surface area (TPSA) is 105 Å². The summed E-state index contributed by atoms with van der Waals surface area (Å²) in [7, 11) is 1.46. The number of carbonyl (C=O) groups excluding carboxylic acids is 4. The van der Waals surface area contributed by atoms with E-state index in [9.17, 15) is 19.2 Å². The van der Waals surface area contributed by atoms with E-state index in [1.165, 1.54) is 25.3 Å². The van der Waals surface area contributed by atoms with Crippen molar-refractivity contribution in [1.82, 2.24) is 10.4 Å². The quantitative estimate of drug-likeness (QED) is 0.469. The van der Waals surface area contributed by atoms with E-state index < -0.39 is 36.3 Å². The van der Waals surface area contributed by atoms with Gasteiger partial charge in [-0.3, -0.25) is 24.6 Å². The Morgan fingerprint density at radius 1 is 1.18 bits per heavy atom. The average Bonchev–Trinajstić information content (AvgIpc) is 3.09. The van der Waals surface area contributed by atoms with Crippen LogP contribution < -0.4 is 19.8 Å². The van der Waals surface area contributed by atoms with Crippen molar-refractivity contribution >= 4 is 52.5 Å². The molecule has 2 aromatic carbocycles. The molecule has 0 aromatic heterocycles. The first-order valence-corrected chi connectivity index (χ1v) is 10.7. The Bertz CT molecular complexity index is 1090. The molecule has 3 rings (SSSR count). The maximum Gasteiger partial charge on any atom is 0.276 e. The first-order valence-electron chi connectivity index (χ1n) is 9.95. The summed E-state index contributed by atoms with van der Waals surface area (Å²) in [5, 5.41) is 1.50. The monoisotopic (exact) mass is 493 g/mol. The molecule has 0 aliphatic carbocycles. The second-order valence-electron chi connectivity index (χ2n) is 7.00. The Morgan fingerprint density at radius 3 is 2.61 bits per heavy atom. The number of carbonyl (C=O) groups is 4. The van der Waals surface area contributed by atoms with Crippen molar-refractivity contribution in [2.24, 2.45) is 0 Å². The van der Waals surface area contributed by atoms with Gasteiger partial charge in [-0.2, -0.15) is 0 Å². The SMILES string of the molecule is CCC(=O)N(NC(=O)COc1ccc(Cl)cc1Cl)C1CC(=O)N(c2cccc(OC)c2)C1=O. The number of nitrogens with zero attached hydrogens (tertiary/aromatic N) is 2. The molecule has 174 valence electrons. The summed E-state index contributed by atoms with van der Waals surface area (Å²) in [4.78, 5) is 51.7. The number of halogens is 2. The summed E-state index contributed by atoms with van der Waals surface area (Å²) in [6, 6.07) is 9.73. The molecule has 0 radical (unpaired) electrons. The fraction of sp³-hybridized carbons (Fsp3) is 0.273. The van der Waals surface area contributed by atoms with Crippen LogP contribution in [-0.2, 0) is 19.2 Å². The van der Waals surface area contributed by atoms with Gasteiger partial charge in [0.05, 0.1) is 24.2 Å². The predicted octanol–water partition coefficient (Wildman–Crippen LogP) is 2.98. The molecule has 1 N–H and O–H groups in total. The molecule has 0 spiro atoms. The van der Waals surface area contributed by atoms with Crippen LogP contribution in [0.25, 0.3) is 0 Å². The van der Waals surface area contributed by atoms with Crippen LogP contribution in [-0.4, -0.2) is 48.4 Å². The predicted molar refractivity (Wildman–Crippen MR) is 121 cm³/mol. The van der Waals surface area contributed by atoms with Crippen LogP contribution in [0.1, 0.15) is 19.8 Å². The Kier molecular flexibility index (Phi) is 7.78. The van der Waals surface area contributed by atoms with Gasteiger partial charge in [-0.25, -0.2) is 9.91 Å². The average molecular weight is 494 g/mol. The number of imide groups is 1. The first kappa shape index (κ1) is 24.3. The lowest BCUT2D eigenvalue weighted by Crippen LogP contribution is -2.55. The third-order valence-corrected chi connectivity index (χ3v) is 5.35. The molecule has 0 bridgehead atoms. The molecule has 1 saturated heterocycles. The van der Waals surface area contributed by atoms with Crippen molar-refractivity contribution in [3.8, 4) is 11.5 Å². The maximum atomic E-state index is 13.1. The van der Waals surface area contributed by atoms with Crippen LogP contribution >= 0.6 is 23.2 Å². The van der Waals surface area contributed by atoms with Gasteiger partial charge in [-0.15, -0.1) is 0 Å². The number of hydrogen-bond donors (Lipinski definition) is 1. The highest BCUT2D eigenvalue weighted by Gasteiger charge is 2.45. The number of benzene rings is 2. The minimum Gasteiger partial charge on any atom is -0.497 e. The lowest BCUT2D eigenvalue weighted by atomic mass is 10.2. The van der Waals surface area contributed by atoms with E-state index in [-0.39, 0.29) is 23.6 Å². The van der Waals surface area contributed by atoms with Crippen molar-refractivity contribution in [2.45, 2.75) is 25.8 Å². The third kappa shape index (κ3) is 5.55. The summed E-state index contributed by atoms with van der Waals surface area (Å²) in [5.41, 5.74) is 2.69. The fourth-order valence-corrected chi connectivity index (χ4v) is 3.69. The van der Waals surface area contributed by atoms with Gasteiger partial charge in [-0.05, 0) is 30.3 Å². The van der Waals surface area contributed by atoms with Gasteiger partial charge in [-0.1, -0.05) is 36.2 Å². The molecule has 33 heavy (non-hydrogen) atoms. The number of anilines is 1. The van der Waals surface area contributed by atoms with Gasteiger partial charge in [0.2, 0.25) is 11.8 Å². The number of rotatable bonds is 7. The van der Waals surface area contributed by atoms with E-state index >= 15 is 0 Å². The van der Waals surface area contributed by atoms with E-state index in [0.29, 0.717) is 16.5 Å². The molecular formula is C22H21Cl2N3O6. The number of hydrazine groups is 1. The smallest absolute Gasteiger partial charge is 0.276 e. The summed E-state index contributed by atoms with van der Waals surface area (Å²) in [5.74, 6) is -1.71. The Hall–Kier alpha value is -3.30. The molecule has 4 amide bonds. The van der Waals surface area contributed by atoms with Crippen molar-refractivity contribution in [3.63, 3.8) is 0 Å². The Labute approximate surface area is 200 Å². The van der Waals surface area contributed by atoms with Crippen molar-refractivity contribution in [2.75, 3.05) is 18.6 Å². The first-order chi connectivity index (χ1) is 15.7. The molecule has 1 unspecified atom stereocenters. The normalized spacial score (nSPS) is 15.4. The lowest BCUT2D eigenvalue weighted by Gasteiger charge is -2.27. The molecule has 1 aliphatic rings. The van der Waals surface area contributed by atoms with E-state index in [4.69, 9.17) is 32.7 Å². The number of nitrogens with one attached hydrogen (secondary N) is 1. The van der Waals surface area contributed by atoms with Crippen molar-refractivity contribution in [3.05, 3.63) is 52.5 Å². The second kappa shape index (κ2) is 10.5. The fourth-order valence-electron chi connectivity index (χ4n) is 3.23. The zero-order chi connectivity index (χ0) is 24.1. The summed E-state index contributed by atoms with van der Waals surface area (Å²) >= 11 is 11.9. The largest absolute Gasteiger partial charge is 0.497 e. The molecular weight excluding hydrogens is 473 g/mol. The van der Waals surface area contributed by atoms with E-state index in [2.05, 4.69) is 5.43 Å². The van der Waals surface area contributed by atoms with Crippen LogP contribution in [0, 0.1) is 0 Å². The van der Waals surface area contributed by atoms with Crippen LogP contribution in [0.2, 0.25) is 10.0 Å². The van der Waals surface area contributed by atoms with Crippen molar-refractivity contribution in [1.29, 1.82) is 0 Å². The van der Waals surface area contributed by atoms with Gasteiger partial charge < -0.3 is 9.47 Å². The van der Waals surface area contributed by atoms with Gasteiger partial charge in [0.25, 0.3) is 11.8 Å². The Morgan fingerprint density at radius 2 is 1.94 bits per heavy atom. The zero-order valence-electron chi connectivity index (χ0n) is 17.8. The molecule has 9 nitrogen and oxygen atoms in total. The van der Waals surface area contributed by atoms with Crippen LogP contribution in [0.4, 0.5) is 5.69 Å². The van der Waals surface area contributed by atoms with E-state index in [1.54, 1.807) is 31.2 Å². The minimum atomic E-state index is -1.20. The molecule has 2 aromatic rings. The molecule has 1 heterocycles. The molecule has 11 heteroatoms. The van der Waals surface area contributed by atoms with Crippen molar-refractivity contribution < 1.29 is 28.7 Å². The van der Waals surface area contributed by atoms with Gasteiger partial charge in [0.15, 0.2) is 6.61 Å². The van der Waals surface area contributed by atoms with Crippen LogP contribution in [0.5, 0.6) is 11.5 Å². The lowest BCUT2D eigenvalue weighted by molar-refractivity contribution is -0.148. The van der Waals surface area contributed by atoms with Gasteiger partial charge in [0.1, 0.15) is 17.5 Å². The van der Waals surface area contributed by atoms with E-state index in [1.807, 2.05) is 0 Å². The van der Waals surface area contributed by atoms with Crippen LogP contribution in [0.15, 0.2) is 42.5 Å². The second-order valence-corrected chi connectivity index (χ2v) is 7.85. The highest BCUT2D eigenvalue weighted by molar-refractivity contribution is 6.35. The molecule has 0 saturated carbocycles. The number of ether oxygens (including phenoxy) is 2. The van der Waals surface area contributed by atoms with E-state index in [0.717, 1.165) is 9.91 Å². The highest BCUT2D eigenvalue weighted by atomic mass is 35.5. The molecule has 1 aliphatic heterocycles. The molecule has 1 fully saturated rings. The van der Waals surface area contributed by atoms with Crippen LogP contribution in [0.3, 0.4) is 0 Å². The molecule has 1 atom stereocenters. The summed E-state index contributed by atoms with van der Waals surface area (Å²) in [6.45, 7) is 1.09.